The second-order valence-corrected chi connectivity index (χ2v) is 8.43. The normalized spacial score (nSPS) is 11.6. The highest BCUT2D eigenvalue weighted by molar-refractivity contribution is 14.0. The number of guanidine groups is 1. The van der Waals surface area contributed by atoms with Crippen molar-refractivity contribution in [3.05, 3.63) is 70.8 Å². The van der Waals surface area contributed by atoms with Crippen LogP contribution in [0.25, 0.3) is 0 Å². The van der Waals surface area contributed by atoms with E-state index < -0.39 is 9.84 Å². The lowest BCUT2D eigenvalue weighted by molar-refractivity contribution is 0.601. The summed E-state index contributed by atoms with van der Waals surface area (Å²) >= 11 is 0. The molecule has 0 unspecified atom stereocenters. The molecule has 148 valence electrons. The third kappa shape index (κ3) is 8.30. The zero-order valence-corrected chi connectivity index (χ0v) is 19.2. The van der Waals surface area contributed by atoms with Gasteiger partial charge in [0.1, 0.15) is 0 Å². The number of aryl methyl sites for hydroxylation is 1. The van der Waals surface area contributed by atoms with Gasteiger partial charge in [0.05, 0.1) is 5.75 Å². The van der Waals surface area contributed by atoms with Gasteiger partial charge in [0.15, 0.2) is 15.8 Å². The molecule has 0 saturated carbocycles. The molecule has 2 aromatic rings. The molecule has 5 nitrogen and oxygen atoms in total. The van der Waals surface area contributed by atoms with Gasteiger partial charge >= 0.3 is 0 Å². The van der Waals surface area contributed by atoms with E-state index in [1.807, 2.05) is 30.3 Å². The fourth-order valence-electron chi connectivity index (χ4n) is 2.72. The Morgan fingerprint density at radius 3 is 2.04 bits per heavy atom. The Bertz CT molecular complexity index is 850. The first-order valence-corrected chi connectivity index (χ1v) is 10.7. The summed E-state index contributed by atoms with van der Waals surface area (Å²) in [5.41, 5.74) is 4.47. The minimum Gasteiger partial charge on any atom is -0.352 e. The molecular weight excluding hydrogens is 473 g/mol. The van der Waals surface area contributed by atoms with Crippen molar-refractivity contribution in [1.29, 1.82) is 0 Å². The van der Waals surface area contributed by atoms with E-state index >= 15 is 0 Å². The van der Waals surface area contributed by atoms with E-state index in [1.165, 1.54) is 17.4 Å². The van der Waals surface area contributed by atoms with Crippen LogP contribution in [-0.4, -0.2) is 27.7 Å². The second kappa shape index (κ2) is 11.3. The SMILES string of the molecule is CCc1ccccc1CNC(=NC)NCc1ccc(CS(C)(=O)=O)cc1.I. The van der Waals surface area contributed by atoms with Crippen LogP contribution in [0.15, 0.2) is 53.5 Å². The molecule has 27 heavy (non-hydrogen) atoms. The first kappa shape index (κ1) is 23.4. The van der Waals surface area contributed by atoms with Gasteiger partial charge in [0.25, 0.3) is 0 Å². The van der Waals surface area contributed by atoms with Gasteiger partial charge in [-0.1, -0.05) is 55.5 Å². The Hall–Kier alpha value is -1.61. The Kier molecular flexibility index (Phi) is 9.79. The van der Waals surface area contributed by atoms with Crippen molar-refractivity contribution in [3.63, 3.8) is 0 Å². The molecule has 2 aromatic carbocycles. The van der Waals surface area contributed by atoms with Crippen molar-refractivity contribution in [3.8, 4) is 0 Å². The number of nitrogens with one attached hydrogen (secondary N) is 2. The Balaban J connectivity index is 0.00000364. The van der Waals surface area contributed by atoms with Gasteiger partial charge in [-0.2, -0.15) is 0 Å². The van der Waals surface area contributed by atoms with Gasteiger partial charge in [0.2, 0.25) is 0 Å². The molecule has 0 aromatic heterocycles. The van der Waals surface area contributed by atoms with Crippen LogP contribution in [0.3, 0.4) is 0 Å². The predicted octanol–water partition coefficient (Wildman–Crippen LogP) is 3.28. The molecule has 0 radical (unpaired) electrons. The maximum Gasteiger partial charge on any atom is 0.191 e. The number of benzene rings is 2. The average Bonchev–Trinajstić information content (AvgIpc) is 2.62. The van der Waals surface area contributed by atoms with E-state index in [2.05, 4.69) is 40.7 Å². The number of sulfone groups is 1. The highest BCUT2D eigenvalue weighted by atomic mass is 127. The molecule has 0 spiro atoms. The van der Waals surface area contributed by atoms with Crippen LogP contribution in [0.4, 0.5) is 0 Å². The van der Waals surface area contributed by atoms with Crippen LogP contribution in [0.2, 0.25) is 0 Å². The average molecular weight is 501 g/mol. The summed E-state index contributed by atoms with van der Waals surface area (Å²) in [6.07, 6.45) is 2.25. The van der Waals surface area contributed by atoms with E-state index in [0.717, 1.165) is 30.1 Å². The molecule has 2 N–H and O–H groups in total. The third-order valence-corrected chi connectivity index (χ3v) is 4.94. The largest absolute Gasteiger partial charge is 0.352 e. The quantitative estimate of drug-likeness (QED) is 0.347. The first-order valence-electron chi connectivity index (χ1n) is 8.68. The predicted molar refractivity (Wildman–Crippen MR) is 123 cm³/mol. The van der Waals surface area contributed by atoms with Crippen molar-refractivity contribution in [1.82, 2.24) is 10.6 Å². The molecule has 0 amide bonds. The van der Waals surface area contributed by atoms with Gasteiger partial charge in [-0.3, -0.25) is 4.99 Å². The third-order valence-electron chi connectivity index (χ3n) is 4.08. The van der Waals surface area contributed by atoms with Crippen molar-refractivity contribution in [2.75, 3.05) is 13.3 Å². The maximum absolute atomic E-state index is 11.3. The van der Waals surface area contributed by atoms with E-state index in [-0.39, 0.29) is 29.7 Å². The summed E-state index contributed by atoms with van der Waals surface area (Å²) < 4.78 is 22.7. The molecule has 0 aliphatic carbocycles. The number of hydrogen-bond donors (Lipinski definition) is 2. The van der Waals surface area contributed by atoms with Gasteiger partial charge in [-0.15, -0.1) is 24.0 Å². The molecule has 7 heteroatoms. The summed E-state index contributed by atoms with van der Waals surface area (Å²) in [6.45, 7) is 3.49. The number of aliphatic imine (C=N–C) groups is 1. The lowest BCUT2D eigenvalue weighted by Crippen LogP contribution is -2.36. The lowest BCUT2D eigenvalue weighted by atomic mass is 10.1. The summed E-state index contributed by atoms with van der Waals surface area (Å²) in [5.74, 6) is 0.803. The van der Waals surface area contributed by atoms with Gasteiger partial charge in [-0.25, -0.2) is 8.42 Å². The number of nitrogens with zero attached hydrogens (tertiary/aromatic N) is 1. The van der Waals surface area contributed by atoms with Crippen LogP contribution < -0.4 is 10.6 Å². The smallest absolute Gasteiger partial charge is 0.191 e. The van der Waals surface area contributed by atoms with E-state index in [1.54, 1.807) is 7.05 Å². The van der Waals surface area contributed by atoms with Crippen LogP contribution in [0, 0.1) is 0 Å². The van der Waals surface area contributed by atoms with Crippen LogP contribution >= 0.6 is 24.0 Å². The number of rotatable bonds is 7. The topological polar surface area (TPSA) is 70.6 Å². The van der Waals surface area contributed by atoms with Gasteiger partial charge in [-0.05, 0) is 28.7 Å². The molecule has 0 fully saturated rings. The Morgan fingerprint density at radius 1 is 0.926 bits per heavy atom. The number of halogens is 1. The van der Waals surface area contributed by atoms with Crippen molar-refractivity contribution < 1.29 is 8.42 Å². The number of hydrogen-bond acceptors (Lipinski definition) is 3. The van der Waals surface area contributed by atoms with Crippen molar-refractivity contribution >= 4 is 39.8 Å². The highest BCUT2D eigenvalue weighted by Crippen LogP contribution is 2.09. The minimum atomic E-state index is -3.00. The zero-order chi connectivity index (χ0) is 19.0. The molecule has 0 bridgehead atoms. The van der Waals surface area contributed by atoms with Crippen molar-refractivity contribution in [2.24, 2.45) is 4.99 Å². The molecule has 0 aliphatic rings. The molecule has 0 heterocycles. The molecule has 0 saturated heterocycles. The van der Waals surface area contributed by atoms with Crippen molar-refractivity contribution in [2.45, 2.75) is 32.2 Å². The first-order chi connectivity index (χ1) is 12.4. The zero-order valence-electron chi connectivity index (χ0n) is 16.0. The molecule has 0 aliphatic heterocycles. The van der Waals surface area contributed by atoms with E-state index in [4.69, 9.17) is 0 Å². The van der Waals surface area contributed by atoms with Crippen LogP contribution in [-0.2, 0) is 35.1 Å². The van der Waals surface area contributed by atoms with Crippen LogP contribution in [0.5, 0.6) is 0 Å². The highest BCUT2D eigenvalue weighted by Gasteiger charge is 2.05. The molecular formula is C20H28IN3O2S. The fourth-order valence-corrected chi connectivity index (χ4v) is 3.51. The molecule has 0 atom stereocenters. The van der Waals surface area contributed by atoms with Gasteiger partial charge in [0, 0.05) is 26.4 Å². The molecule has 2 rings (SSSR count). The monoisotopic (exact) mass is 501 g/mol. The van der Waals surface area contributed by atoms with Crippen LogP contribution in [0.1, 0.15) is 29.2 Å². The Labute approximate surface area is 179 Å². The second-order valence-electron chi connectivity index (χ2n) is 6.29. The summed E-state index contributed by atoms with van der Waals surface area (Å²) in [7, 11) is -1.26. The maximum atomic E-state index is 11.3. The van der Waals surface area contributed by atoms with Gasteiger partial charge < -0.3 is 10.6 Å². The lowest BCUT2D eigenvalue weighted by Gasteiger charge is -2.14. The van der Waals surface area contributed by atoms with E-state index in [0.29, 0.717) is 6.54 Å². The minimum absolute atomic E-state index is 0. The summed E-state index contributed by atoms with van der Waals surface area (Å²) in [4.78, 5) is 4.25. The van der Waals surface area contributed by atoms with E-state index in [9.17, 15) is 8.42 Å². The fraction of sp³-hybridized carbons (Fsp3) is 0.350. The standard InChI is InChI=1S/C20H27N3O2S.HI/c1-4-18-7-5-6-8-19(18)14-23-20(21-2)22-13-16-9-11-17(12-10-16)15-26(3,24)25;/h5-12H,4,13-15H2,1-3H3,(H2,21,22,23);1H. The Morgan fingerprint density at radius 2 is 1.48 bits per heavy atom. The summed E-state index contributed by atoms with van der Waals surface area (Å²) in [5, 5.41) is 6.61. The summed E-state index contributed by atoms with van der Waals surface area (Å²) in [6, 6.07) is 16.0.